The second-order valence-electron chi connectivity index (χ2n) is 5.88. The van der Waals surface area contributed by atoms with Crippen molar-refractivity contribution in [1.82, 2.24) is 5.32 Å². The van der Waals surface area contributed by atoms with E-state index in [1.807, 2.05) is 0 Å². The summed E-state index contributed by atoms with van der Waals surface area (Å²) in [7, 11) is 0. The van der Waals surface area contributed by atoms with Gasteiger partial charge in [-0.25, -0.2) is 0 Å². The monoisotopic (exact) mass is 229 g/mol. The Morgan fingerprint density at radius 1 is 1.29 bits per heavy atom. The lowest BCUT2D eigenvalue weighted by Crippen LogP contribution is -2.11. The van der Waals surface area contributed by atoms with Crippen LogP contribution in [0.3, 0.4) is 0 Å². The molecule has 1 heterocycles. The van der Waals surface area contributed by atoms with E-state index in [1.54, 1.807) is 16.7 Å². The van der Waals surface area contributed by atoms with Crippen molar-refractivity contribution in [3.63, 3.8) is 0 Å². The van der Waals surface area contributed by atoms with E-state index < -0.39 is 0 Å². The van der Waals surface area contributed by atoms with Gasteiger partial charge in [0.05, 0.1) is 0 Å². The molecule has 0 saturated carbocycles. The minimum Gasteiger partial charge on any atom is -0.316 e. The van der Waals surface area contributed by atoms with E-state index in [2.05, 4.69) is 30.4 Å². The summed E-state index contributed by atoms with van der Waals surface area (Å²) in [5.41, 5.74) is 4.79. The van der Waals surface area contributed by atoms with Crippen molar-refractivity contribution in [1.29, 1.82) is 0 Å². The quantitative estimate of drug-likeness (QED) is 0.838. The lowest BCUT2D eigenvalue weighted by Gasteiger charge is -2.17. The first-order valence-corrected chi connectivity index (χ1v) is 7.15. The van der Waals surface area contributed by atoms with Crippen molar-refractivity contribution < 1.29 is 0 Å². The molecule has 0 bridgehead atoms. The number of fused-ring (bicyclic) bond motifs is 1. The zero-order valence-electron chi connectivity index (χ0n) is 10.8. The lowest BCUT2D eigenvalue weighted by atomic mass is 9.88. The molecular weight excluding hydrogens is 206 g/mol. The minimum atomic E-state index is 0.728. The zero-order valence-corrected chi connectivity index (χ0v) is 10.8. The topological polar surface area (TPSA) is 12.0 Å². The van der Waals surface area contributed by atoms with E-state index in [0.29, 0.717) is 0 Å². The van der Waals surface area contributed by atoms with Crippen LogP contribution in [0.15, 0.2) is 18.2 Å². The number of benzene rings is 1. The van der Waals surface area contributed by atoms with Crippen molar-refractivity contribution >= 4 is 0 Å². The van der Waals surface area contributed by atoms with Gasteiger partial charge in [0.15, 0.2) is 0 Å². The highest BCUT2D eigenvalue weighted by Gasteiger charge is 2.19. The van der Waals surface area contributed by atoms with Crippen LogP contribution in [-0.2, 0) is 12.8 Å². The molecule has 0 aromatic heterocycles. The summed E-state index contributed by atoms with van der Waals surface area (Å²) in [4.78, 5) is 0. The third-order valence-corrected chi connectivity index (χ3v) is 4.54. The van der Waals surface area contributed by atoms with Crippen LogP contribution in [0.4, 0.5) is 0 Å². The Labute approximate surface area is 105 Å². The Morgan fingerprint density at radius 3 is 3.00 bits per heavy atom. The molecule has 0 radical (unpaired) electrons. The Hall–Kier alpha value is -0.820. The van der Waals surface area contributed by atoms with Crippen LogP contribution in [-0.4, -0.2) is 13.1 Å². The Balaban J connectivity index is 1.70. The predicted octanol–water partition coefficient (Wildman–Crippen LogP) is 3.28. The normalized spacial score (nSPS) is 24.9. The molecule has 1 aliphatic heterocycles. The van der Waals surface area contributed by atoms with Crippen LogP contribution in [0.2, 0.25) is 0 Å². The van der Waals surface area contributed by atoms with Gasteiger partial charge in [0.2, 0.25) is 0 Å². The molecule has 2 aliphatic rings. The average Bonchev–Trinajstić information content (AvgIpc) is 2.97. The van der Waals surface area contributed by atoms with Gasteiger partial charge in [-0.15, -0.1) is 0 Å². The van der Waals surface area contributed by atoms with Crippen molar-refractivity contribution in [2.45, 2.75) is 44.9 Å². The number of aryl methyl sites for hydroxylation is 2. The standard InChI is InChI=1S/C16H23N/c1-12(9-13-7-8-17-11-13)15-6-5-14-3-2-4-16(14)10-15/h5-6,10,12-13,17H,2-4,7-9,11H2,1H3. The third-order valence-electron chi connectivity index (χ3n) is 4.54. The van der Waals surface area contributed by atoms with Crippen LogP contribution in [0.25, 0.3) is 0 Å². The van der Waals surface area contributed by atoms with Gasteiger partial charge in [-0.05, 0) is 73.7 Å². The van der Waals surface area contributed by atoms with Crippen molar-refractivity contribution in [2.24, 2.45) is 5.92 Å². The van der Waals surface area contributed by atoms with Gasteiger partial charge in [0.25, 0.3) is 0 Å². The van der Waals surface area contributed by atoms with Crippen molar-refractivity contribution in [3.05, 3.63) is 34.9 Å². The number of hydrogen-bond acceptors (Lipinski definition) is 1. The lowest BCUT2D eigenvalue weighted by molar-refractivity contribution is 0.483. The molecule has 1 aromatic rings. The first-order chi connectivity index (χ1) is 8.33. The molecule has 1 fully saturated rings. The van der Waals surface area contributed by atoms with Crippen LogP contribution in [0, 0.1) is 5.92 Å². The molecule has 1 N–H and O–H groups in total. The van der Waals surface area contributed by atoms with Gasteiger partial charge >= 0.3 is 0 Å². The van der Waals surface area contributed by atoms with Gasteiger partial charge < -0.3 is 5.32 Å². The van der Waals surface area contributed by atoms with Crippen LogP contribution < -0.4 is 5.32 Å². The molecule has 92 valence electrons. The third kappa shape index (κ3) is 2.40. The summed E-state index contributed by atoms with van der Waals surface area (Å²) in [6.07, 6.45) is 6.69. The highest BCUT2D eigenvalue weighted by atomic mass is 14.9. The fraction of sp³-hybridized carbons (Fsp3) is 0.625. The van der Waals surface area contributed by atoms with E-state index >= 15 is 0 Å². The molecule has 0 amide bonds. The van der Waals surface area contributed by atoms with E-state index in [-0.39, 0.29) is 0 Å². The van der Waals surface area contributed by atoms with E-state index in [4.69, 9.17) is 0 Å². The summed E-state index contributed by atoms with van der Waals surface area (Å²) < 4.78 is 0. The summed E-state index contributed by atoms with van der Waals surface area (Å²) in [6.45, 7) is 4.85. The number of rotatable bonds is 3. The fourth-order valence-electron chi connectivity index (χ4n) is 3.45. The second-order valence-corrected chi connectivity index (χ2v) is 5.88. The second kappa shape index (κ2) is 4.81. The smallest absolute Gasteiger partial charge is 0.00198 e. The SMILES string of the molecule is CC(CC1CCNC1)c1ccc2c(c1)CCC2. The highest BCUT2D eigenvalue weighted by molar-refractivity contribution is 5.36. The fourth-order valence-corrected chi connectivity index (χ4v) is 3.45. The Morgan fingerprint density at radius 2 is 2.18 bits per heavy atom. The van der Waals surface area contributed by atoms with Crippen LogP contribution in [0.1, 0.15) is 48.8 Å². The minimum absolute atomic E-state index is 0.728. The number of nitrogens with one attached hydrogen (secondary N) is 1. The molecule has 1 nitrogen and oxygen atoms in total. The Bertz CT molecular complexity index is 391. The van der Waals surface area contributed by atoms with E-state index in [1.165, 1.54) is 45.2 Å². The molecule has 1 aromatic carbocycles. The first kappa shape index (κ1) is 11.3. The maximum absolute atomic E-state index is 3.47. The molecule has 0 spiro atoms. The van der Waals surface area contributed by atoms with Crippen LogP contribution in [0.5, 0.6) is 0 Å². The summed E-state index contributed by atoms with van der Waals surface area (Å²) in [5, 5.41) is 3.47. The number of hydrogen-bond donors (Lipinski definition) is 1. The molecule has 3 rings (SSSR count). The van der Waals surface area contributed by atoms with E-state index in [0.717, 1.165) is 11.8 Å². The maximum Gasteiger partial charge on any atom is -0.00198 e. The summed E-state index contributed by atoms with van der Waals surface area (Å²) in [5.74, 6) is 1.63. The summed E-state index contributed by atoms with van der Waals surface area (Å²) >= 11 is 0. The zero-order chi connectivity index (χ0) is 11.7. The molecule has 2 unspecified atom stereocenters. The molecule has 1 saturated heterocycles. The highest BCUT2D eigenvalue weighted by Crippen LogP contribution is 2.30. The van der Waals surface area contributed by atoms with Crippen molar-refractivity contribution in [3.8, 4) is 0 Å². The summed E-state index contributed by atoms with van der Waals surface area (Å²) in [6, 6.07) is 7.23. The van der Waals surface area contributed by atoms with Gasteiger partial charge in [-0.1, -0.05) is 25.1 Å². The largest absolute Gasteiger partial charge is 0.316 e. The van der Waals surface area contributed by atoms with Crippen LogP contribution >= 0.6 is 0 Å². The van der Waals surface area contributed by atoms with E-state index in [9.17, 15) is 0 Å². The molecule has 1 heteroatoms. The molecule has 17 heavy (non-hydrogen) atoms. The predicted molar refractivity (Wildman–Crippen MR) is 72.5 cm³/mol. The van der Waals surface area contributed by atoms with Gasteiger partial charge in [0.1, 0.15) is 0 Å². The van der Waals surface area contributed by atoms with Crippen molar-refractivity contribution in [2.75, 3.05) is 13.1 Å². The molecule has 2 atom stereocenters. The first-order valence-electron chi connectivity index (χ1n) is 7.15. The molecular formula is C16H23N. The van der Waals surface area contributed by atoms with Gasteiger partial charge in [0, 0.05) is 0 Å². The van der Waals surface area contributed by atoms with Gasteiger partial charge in [-0.2, -0.15) is 0 Å². The molecule has 1 aliphatic carbocycles. The van der Waals surface area contributed by atoms with Gasteiger partial charge in [-0.3, -0.25) is 0 Å². The average molecular weight is 229 g/mol. The maximum atomic E-state index is 3.47. The Kier molecular flexibility index (Phi) is 3.19.